The predicted octanol–water partition coefficient (Wildman–Crippen LogP) is 5.64. The maximum absolute atomic E-state index is 12.6. The molecule has 1 aromatic heterocycles. The summed E-state index contributed by atoms with van der Waals surface area (Å²) >= 11 is 6.22. The third-order valence-corrected chi connectivity index (χ3v) is 6.63. The minimum absolute atomic E-state index is 0.193. The standard InChI is InChI=1S/C18H18BrF3N2OS2/c1-17(2,27-15-8-7-12(11-24-15)18(20,21)22)16(25)23-9-10-26-14-6-4-3-5-13(14)19/h3-8,11H,9-10H2,1-2H3,(H,23,25). The first-order valence-corrected chi connectivity index (χ1v) is 10.6. The molecule has 0 aliphatic carbocycles. The Morgan fingerprint density at radius 1 is 1.19 bits per heavy atom. The van der Waals surface area contributed by atoms with Crippen LogP contribution in [0.5, 0.6) is 0 Å². The Labute approximate surface area is 173 Å². The lowest BCUT2D eigenvalue weighted by Gasteiger charge is -2.22. The average molecular weight is 479 g/mol. The van der Waals surface area contributed by atoms with Crippen LogP contribution < -0.4 is 5.32 Å². The Bertz CT molecular complexity index is 783. The fraction of sp³-hybridized carbons (Fsp3) is 0.333. The van der Waals surface area contributed by atoms with Crippen molar-refractivity contribution in [1.82, 2.24) is 10.3 Å². The van der Waals surface area contributed by atoms with Crippen LogP contribution in [0.25, 0.3) is 0 Å². The molecule has 0 saturated carbocycles. The molecule has 0 unspecified atom stereocenters. The molecule has 1 amide bonds. The quantitative estimate of drug-likeness (QED) is 0.412. The van der Waals surface area contributed by atoms with E-state index in [0.29, 0.717) is 17.3 Å². The summed E-state index contributed by atoms with van der Waals surface area (Å²) in [6, 6.07) is 10.1. The van der Waals surface area contributed by atoms with E-state index in [0.717, 1.165) is 33.4 Å². The van der Waals surface area contributed by atoms with Crippen molar-refractivity contribution >= 4 is 45.4 Å². The summed E-state index contributed by atoms with van der Waals surface area (Å²) in [5.74, 6) is 0.509. The molecule has 0 saturated heterocycles. The van der Waals surface area contributed by atoms with Crippen molar-refractivity contribution in [3.05, 3.63) is 52.6 Å². The van der Waals surface area contributed by atoms with Gasteiger partial charge in [0, 0.05) is 27.9 Å². The number of carbonyl (C=O) groups is 1. The van der Waals surface area contributed by atoms with Gasteiger partial charge < -0.3 is 5.32 Å². The largest absolute Gasteiger partial charge is 0.417 e. The molecule has 1 N–H and O–H groups in total. The molecule has 0 aliphatic heterocycles. The Morgan fingerprint density at radius 2 is 1.89 bits per heavy atom. The molecule has 146 valence electrons. The Hall–Kier alpha value is -1.19. The van der Waals surface area contributed by atoms with Crippen LogP contribution in [-0.2, 0) is 11.0 Å². The zero-order valence-electron chi connectivity index (χ0n) is 14.6. The van der Waals surface area contributed by atoms with Crippen molar-refractivity contribution in [2.75, 3.05) is 12.3 Å². The van der Waals surface area contributed by atoms with Crippen molar-refractivity contribution in [2.24, 2.45) is 0 Å². The van der Waals surface area contributed by atoms with E-state index in [1.165, 1.54) is 6.07 Å². The van der Waals surface area contributed by atoms with Gasteiger partial charge in [-0.25, -0.2) is 4.98 Å². The first kappa shape index (κ1) is 22.1. The monoisotopic (exact) mass is 478 g/mol. The molecule has 3 nitrogen and oxygen atoms in total. The number of aromatic nitrogens is 1. The molecule has 1 aromatic carbocycles. The van der Waals surface area contributed by atoms with Crippen molar-refractivity contribution in [3.63, 3.8) is 0 Å². The number of rotatable bonds is 7. The van der Waals surface area contributed by atoms with E-state index in [2.05, 4.69) is 26.2 Å². The van der Waals surface area contributed by atoms with Gasteiger partial charge in [0.1, 0.15) is 0 Å². The number of hydrogen-bond donors (Lipinski definition) is 1. The first-order valence-electron chi connectivity index (χ1n) is 7.97. The number of nitrogens with zero attached hydrogens (tertiary/aromatic N) is 1. The van der Waals surface area contributed by atoms with Gasteiger partial charge in [-0.1, -0.05) is 23.9 Å². The van der Waals surface area contributed by atoms with Crippen LogP contribution in [0.3, 0.4) is 0 Å². The van der Waals surface area contributed by atoms with Crippen LogP contribution in [0.1, 0.15) is 19.4 Å². The molecule has 2 aromatic rings. The normalized spacial score (nSPS) is 12.1. The first-order chi connectivity index (χ1) is 12.6. The number of benzene rings is 1. The SMILES string of the molecule is CC(C)(Sc1ccc(C(F)(F)F)cn1)C(=O)NCCSc1ccccc1Br. The maximum atomic E-state index is 12.6. The van der Waals surface area contributed by atoms with Crippen LogP contribution in [-0.4, -0.2) is 27.9 Å². The van der Waals surface area contributed by atoms with Gasteiger partial charge in [-0.05, 0) is 54.0 Å². The number of thioether (sulfide) groups is 2. The zero-order valence-corrected chi connectivity index (χ0v) is 17.9. The van der Waals surface area contributed by atoms with Gasteiger partial charge >= 0.3 is 6.18 Å². The Kier molecular flexibility index (Phi) is 7.64. The van der Waals surface area contributed by atoms with E-state index in [4.69, 9.17) is 0 Å². The molecule has 9 heteroatoms. The Balaban J connectivity index is 1.84. The van der Waals surface area contributed by atoms with E-state index in [9.17, 15) is 18.0 Å². The van der Waals surface area contributed by atoms with Crippen molar-refractivity contribution in [1.29, 1.82) is 0 Å². The number of halogens is 4. The second-order valence-electron chi connectivity index (χ2n) is 6.03. The highest BCUT2D eigenvalue weighted by atomic mass is 79.9. The lowest BCUT2D eigenvalue weighted by atomic mass is 10.2. The number of alkyl halides is 3. The summed E-state index contributed by atoms with van der Waals surface area (Å²) < 4.78 is 37.9. The van der Waals surface area contributed by atoms with E-state index >= 15 is 0 Å². The van der Waals surface area contributed by atoms with Gasteiger partial charge in [0.05, 0.1) is 15.3 Å². The van der Waals surface area contributed by atoms with E-state index in [1.807, 2.05) is 24.3 Å². The molecule has 0 fully saturated rings. The fourth-order valence-corrected chi connectivity index (χ4v) is 4.38. The maximum Gasteiger partial charge on any atom is 0.417 e. The third-order valence-electron chi connectivity index (χ3n) is 3.45. The van der Waals surface area contributed by atoms with E-state index in [-0.39, 0.29) is 5.91 Å². The second-order valence-corrected chi connectivity index (χ2v) is 9.66. The predicted molar refractivity (Wildman–Crippen MR) is 107 cm³/mol. The van der Waals surface area contributed by atoms with Gasteiger partial charge in [-0.15, -0.1) is 11.8 Å². The summed E-state index contributed by atoms with van der Waals surface area (Å²) in [5.41, 5.74) is -0.807. The second kappa shape index (κ2) is 9.34. The Morgan fingerprint density at radius 3 is 2.48 bits per heavy atom. The molecule has 2 rings (SSSR count). The molecule has 0 bridgehead atoms. The number of carbonyl (C=O) groups excluding carboxylic acids is 1. The summed E-state index contributed by atoms with van der Waals surface area (Å²) in [7, 11) is 0. The van der Waals surface area contributed by atoms with Crippen molar-refractivity contribution in [3.8, 4) is 0 Å². The van der Waals surface area contributed by atoms with E-state index in [1.54, 1.807) is 25.6 Å². The summed E-state index contributed by atoms with van der Waals surface area (Å²) in [4.78, 5) is 17.3. The van der Waals surface area contributed by atoms with Crippen molar-refractivity contribution < 1.29 is 18.0 Å². The molecule has 0 spiro atoms. The van der Waals surface area contributed by atoms with Gasteiger partial charge in [-0.2, -0.15) is 13.2 Å². The van der Waals surface area contributed by atoms with Gasteiger partial charge in [-0.3, -0.25) is 4.79 Å². The smallest absolute Gasteiger partial charge is 0.354 e. The van der Waals surface area contributed by atoms with Gasteiger partial charge in [0.15, 0.2) is 0 Å². The minimum Gasteiger partial charge on any atom is -0.354 e. The highest BCUT2D eigenvalue weighted by Crippen LogP contribution is 2.34. The summed E-state index contributed by atoms with van der Waals surface area (Å²) in [5, 5.41) is 3.23. The molecule has 1 heterocycles. The van der Waals surface area contributed by atoms with Gasteiger partial charge in [0.2, 0.25) is 5.91 Å². The number of nitrogens with one attached hydrogen (secondary N) is 1. The van der Waals surface area contributed by atoms with Crippen LogP contribution in [0.2, 0.25) is 0 Å². The van der Waals surface area contributed by atoms with Crippen LogP contribution in [0.4, 0.5) is 13.2 Å². The van der Waals surface area contributed by atoms with Crippen LogP contribution in [0, 0.1) is 0 Å². The van der Waals surface area contributed by atoms with Crippen LogP contribution >= 0.6 is 39.5 Å². The summed E-state index contributed by atoms with van der Waals surface area (Å²) in [6.45, 7) is 3.91. The lowest BCUT2D eigenvalue weighted by Crippen LogP contribution is -2.40. The fourth-order valence-electron chi connectivity index (χ4n) is 2.02. The van der Waals surface area contributed by atoms with Gasteiger partial charge in [0.25, 0.3) is 0 Å². The summed E-state index contributed by atoms with van der Waals surface area (Å²) in [6.07, 6.45) is -3.64. The minimum atomic E-state index is -4.42. The number of hydrogen-bond acceptors (Lipinski definition) is 4. The molecular formula is C18H18BrF3N2OS2. The number of amides is 1. The molecule has 0 atom stereocenters. The highest BCUT2D eigenvalue weighted by Gasteiger charge is 2.32. The van der Waals surface area contributed by atoms with Crippen LogP contribution in [0.15, 0.2) is 57.0 Å². The third kappa shape index (κ3) is 6.73. The molecule has 27 heavy (non-hydrogen) atoms. The number of pyridine rings is 1. The topological polar surface area (TPSA) is 42.0 Å². The van der Waals surface area contributed by atoms with E-state index < -0.39 is 16.5 Å². The lowest BCUT2D eigenvalue weighted by molar-refractivity contribution is -0.137. The molecule has 0 aliphatic rings. The zero-order chi connectivity index (χ0) is 20.1. The highest BCUT2D eigenvalue weighted by molar-refractivity contribution is 9.10. The molecule has 0 radical (unpaired) electrons. The average Bonchev–Trinajstić information content (AvgIpc) is 2.59. The van der Waals surface area contributed by atoms with Crippen molar-refractivity contribution in [2.45, 2.75) is 34.7 Å². The molecular weight excluding hydrogens is 461 g/mol.